The molecule has 0 amide bonds. The zero-order valence-electron chi connectivity index (χ0n) is 8.56. The average molecular weight is 271 g/mol. The summed E-state index contributed by atoms with van der Waals surface area (Å²) in [6.45, 7) is 0. The van der Waals surface area contributed by atoms with Crippen molar-refractivity contribution in [2.75, 3.05) is 5.43 Å². The van der Waals surface area contributed by atoms with Gasteiger partial charge in [0, 0.05) is 0 Å². The summed E-state index contributed by atoms with van der Waals surface area (Å²) in [6.07, 6.45) is 0.409. The summed E-state index contributed by atoms with van der Waals surface area (Å²) in [4.78, 5) is 0. The second kappa shape index (κ2) is 5.11. The molecule has 88 valence electrons. The van der Waals surface area contributed by atoms with Crippen molar-refractivity contribution in [3.63, 3.8) is 0 Å². The first-order chi connectivity index (χ1) is 8.15. The van der Waals surface area contributed by atoms with E-state index in [0.29, 0.717) is 33.8 Å². The fourth-order valence-corrected chi connectivity index (χ4v) is 1.41. The Labute approximate surface area is 107 Å². The molecule has 1 aromatic rings. The molecule has 3 N–H and O–H groups in total. The summed E-state index contributed by atoms with van der Waals surface area (Å²) in [5.41, 5.74) is 8.80. The summed E-state index contributed by atoms with van der Waals surface area (Å²) in [5.74, 6) is 0.878. The monoisotopic (exact) mass is 270 g/mol. The van der Waals surface area contributed by atoms with Crippen LogP contribution in [0.2, 0.25) is 10.0 Å². The van der Waals surface area contributed by atoms with Gasteiger partial charge in [0.15, 0.2) is 5.84 Å². The van der Waals surface area contributed by atoms with Crippen LogP contribution in [0.3, 0.4) is 0 Å². The summed E-state index contributed by atoms with van der Waals surface area (Å²) >= 11 is 11.6. The molecule has 0 atom stereocenters. The highest BCUT2D eigenvalue weighted by Crippen LogP contribution is 2.24. The number of nitrogens with zero attached hydrogens (tertiary/aromatic N) is 4. The molecule has 0 unspecified atom stereocenters. The van der Waals surface area contributed by atoms with E-state index < -0.39 is 0 Å². The molecule has 17 heavy (non-hydrogen) atoms. The third kappa shape index (κ3) is 3.15. The second-order valence-electron chi connectivity index (χ2n) is 3.23. The lowest BCUT2D eigenvalue weighted by atomic mass is 10.3. The fraction of sp³-hybridized carbons (Fsp3) is 0.111. The molecule has 0 spiro atoms. The van der Waals surface area contributed by atoms with Crippen molar-refractivity contribution < 1.29 is 0 Å². The van der Waals surface area contributed by atoms with Gasteiger partial charge in [-0.25, -0.2) is 0 Å². The highest BCUT2D eigenvalue weighted by molar-refractivity contribution is 6.42. The standard InChI is InChI=1S/C9H8Cl2N6/c10-6-2-1-5(3-7(6)11)13-17-16-9-4-8(12)14-15-9/h1-3H,4H2,(H2,12,14)(H,13,15,16). The lowest BCUT2D eigenvalue weighted by Crippen LogP contribution is -2.10. The second-order valence-corrected chi connectivity index (χ2v) is 4.04. The van der Waals surface area contributed by atoms with Crippen molar-refractivity contribution in [2.24, 2.45) is 26.3 Å². The molecule has 0 bridgehead atoms. The Bertz CT molecular complexity index is 522. The lowest BCUT2D eigenvalue weighted by molar-refractivity contribution is 1.13. The minimum absolute atomic E-state index is 0.409. The van der Waals surface area contributed by atoms with E-state index in [-0.39, 0.29) is 0 Å². The highest BCUT2D eigenvalue weighted by Gasteiger charge is 2.07. The third-order valence-corrected chi connectivity index (χ3v) is 2.64. The minimum Gasteiger partial charge on any atom is -0.385 e. The number of amidine groups is 2. The molecule has 8 heteroatoms. The Hall–Kier alpha value is -1.66. The first kappa shape index (κ1) is 11.8. The Morgan fingerprint density at radius 1 is 1.24 bits per heavy atom. The molecular weight excluding hydrogens is 263 g/mol. The van der Waals surface area contributed by atoms with Gasteiger partial charge in [-0.05, 0) is 18.2 Å². The maximum absolute atomic E-state index is 5.84. The number of nitrogens with two attached hydrogens (primary N) is 1. The van der Waals surface area contributed by atoms with Crippen LogP contribution < -0.4 is 11.2 Å². The van der Waals surface area contributed by atoms with Crippen LogP contribution in [-0.4, -0.2) is 11.7 Å². The van der Waals surface area contributed by atoms with Gasteiger partial charge < -0.3 is 5.73 Å². The van der Waals surface area contributed by atoms with Crippen LogP contribution in [0.15, 0.2) is 38.7 Å². The van der Waals surface area contributed by atoms with Crippen LogP contribution in [0.5, 0.6) is 0 Å². The summed E-state index contributed by atoms with van der Waals surface area (Å²) in [6, 6.07) is 5.04. The van der Waals surface area contributed by atoms with Gasteiger partial charge in [0.25, 0.3) is 0 Å². The number of anilines is 1. The molecule has 0 saturated carbocycles. The molecule has 1 aromatic carbocycles. The smallest absolute Gasteiger partial charge is 0.182 e. The molecule has 1 aliphatic heterocycles. The van der Waals surface area contributed by atoms with Crippen LogP contribution in [0.1, 0.15) is 6.42 Å². The van der Waals surface area contributed by atoms with Crippen molar-refractivity contribution in [2.45, 2.75) is 6.42 Å². The van der Waals surface area contributed by atoms with Gasteiger partial charge in [-0.1, -0.05) is 28.4 Å². The van der Waals surface area contributed by atoms with Gasteiger partial charge in [-0.15, -0.1) is 15.3 Å². The number of hydrogen-bond donors (Lipinski definition) is 2. The molecule has 1 heterocycles. The van der Waals surface area contributed by atoms with E-state index in [1.165, 1.54) is 0 Å². The predicted molar refractivity (Wildman–Crippen MR) is 68.6 cm³/mol. The highest BCUT2D eigenvalue weighted by atomic mass is 35.5. The molecule has 2 rings (SSSR count). The number of halogens is 2. The van der Waals surface area contributed by atoms with Crippen molar-refractivity contribution in [3.05, 3.63) is 28.2 Å². The van der Waals surface area contributed by atoms with E-state index in [9.17, 15) is 0 Å². The first-order valence-electron chi connectivity index (χ1n) is 4.66. The maximum atomic E-state index is 5.84. The van der Waals surface area contributed by atoms with Gasteiger partial charge in [0.1, 0.15) is 5.84 Å². The Morgan fingerprint density at radius 3 is 2.71 bits per heavy atom. The molecule has 6 nitrogen and oxygen atoms in total. The van der Waals surface area contributed by atoms with E-state index in [2.05, 4.69) is 26.0 Å². The van der Waals surface area contributed by atoms with E-state index in [0.717, 1.165) is 0 Å². The predicted octanol–water partition coefficient (Wildman–Crippen LogP) is 2.85. The fourth-order valence-electron chi connectivity index (χ4n) is 1.12. The van der Waals surface area contributed by atoms with Gasteiger partial charge in [-0.2, -0.15) is 0 Å². The van der Waals surface area contributed by atoms with E-state index >= 15 is 0 Å². The summed E-state index contributed by atoms with van der Waals surface area (Å²) < 4.78 is 0. The quantitative estimate of drug-likeness (QED) is 0.639. The van der Waals surface area contributed by atoms with Crippen LogP contribution in [0.25, 0.3) is 0 Å². The van der Waals surface area contributed by atoms with Crippen molar-refractivity contribution >= 4 is 40.6 Å². The van der Waals surface area contributed by atoms with Crippen LogP contribution in [0.4, 0.5) is 5.69 Å². The van der Waals surface area contributed by atoms with E-state index in [1.807, 2.05) is 0 Å². The van der Waals surface area contributed by atoms with Crippen LogP contribution in [0, 0.1) is 0 Å². The molecule has 0 aliphatic carbocycles. The number of hydrogen-bond acceptors (Lipinski definition) is 5. The molecule has 0 aromatic heterocycles. The van der Waals surface area contributed by atoms with E-state index in [4.69, 9.17) is 28.9 Å². The SMILES string of the molecule is NC1=NN=C(N=NNc2ccc(Cl)c(Cl)c2)C1. The largest absolute Gasteiger partial charge is 0.385 e. The summed E-state index contributed by atoms with van der Waals surface area (Å²) in [5, 5.41) is 15.8. The first-order valence-corrected chi connectivity index (χ1v) is 5.41. The Morgan fingerprint density at radius 2 is 2.06 bits per heavy atom. The number of benzene rings is 1. The minimum atomic E-state index is 0.409. The molecular formula is C9H8Cl2N6. The maximum Gasteiger partial charge on any atom is 0.182 e. The average Bonchev–Trinajstić information content (AvgIpc) is 2.70. The van der Waals surface area contributed by atoms with Gasteiger partial charge >= 0.3 is 0 Å². The van der Waals surface area contributed by atoms with Crippen LogP contribution >= 0.6 is 23.2 Å². The zero-order chi connectivity index (χ0) is 12.3. The molecule has 0 saturated heterocycles. The van der Waals surface area contributed by atoms with Crippen molar-refractivity contribution in [3.8, 4) is 0 Å². The van der Waals surface area contributed by atoms with Crippen molar-refractivity contribution in [1.82, 2.24) is 0 Å². The molecule has 0 fully saturated rings. The molecule has 0 radical (unpaired) electrons. The summed E-state index contributed by atoms with van der Waals surface area (Å²) in [7, 11) is 0. The topological polar surface area (TPSA) is 87.5 Å². The number of nitrogens with one attached hydrogen (secondary N) is 1. The van der Waals surface area contributed by atoms with Gasteiger partial charge in [0.05, 0.1) is 22.2 Å². The van der Waals surface area contributed by atoms with E-state index in [1.54, 1.807) is 18.2 Å². The number of rotatable bonds is 2. The lowest BCUT2D eigenvalue weighted by Gasteiger charge is -2.00. The third-order valence-electron chi connectivity index (χ3n) is 1.90. The van der Waals surface area contributed by atoms with Crippen molar-refractivity contribution in [1.29, 1.82) is 0 Å². The zero-order valence-corrected chi connectivity index (χ0v) is 10.1. The normalized spacial score (nSPS) is 14.9. The Balaban J connectivity index is 1.94. The Kier molecular flexibility index (Phi) is 3.55. The van der Waals surface area contributed by atoms with Gasteiger partial charge in [-0.3, -0.25) is 5.43 Å². The van der Waals surface area contributed by atoms with Gasteiger partial charge in [0.2, 0.25) is 0 Å². The molecule has 1 aliphatic rings. The van der Waals surface area contributed by atoms with Crippen LogP contribution in [-0.2, 0) is 0 Å².